The van der Waals surface area contributed by atoms with Crippen LogP contribution in [0.1, 0.15) is 24.2 Å². The van der Waals surface area contributed by atoms with E-state index in [-0.39, 0.29) is 49.9 Å². The molecule has 0 bridgehead atoms. The Morgan fingerprint density at radius 2 is 1.88 bits per heavy atom. The van der Waals surface area contributed by atoms with Crippen molar-refractivity contribution in [1.29, 1.82) is 0 Å². The fraction of sp³-hybridized carbons (Fsp3) is 0.765. The lowest BCUT2D eigenvalue weighted by atomic mass is 9.51. The SMILES string of the molecule is BBC1CC(OCN=[N+]=[N-])C(Cc2cn(COC3CC(B)OC3Cc3cn(C)nn3)nn2)O1. The minimum absolute atomic E-state index is 0.00436. The fourth-order valence-corrected chi connectivity index (χ4v) is 4.42. The molecule has 2 aromatic heterocycles. The van der Waals surface area contributed by atoms with Crippen LogP contribution in [-0.4, -0.2) is 95.9 Å². The molecule has 0 amide bonds. The lowest BCUT2D eigenvalue weighted by Crippen LogP contribution is -2.28. The van der Waals surface area contributed by atoms with E-state index in [1.54, 1.807) is 9.36 Å². The Morgan fingerprint density at radius 3 is 2.61 bits per heavy atom. The normalized spacial score (nSPS) is 29.2. The molecular formula is C17H28B3N9O4. The van der Waals surface area contributed by atoms with Crippen LogP contribution in [0.5, 0.6) is 0 Å². The fourth-order valence-electron chi connectivity index (χ4n) is 4.42. The van der Waals surface area contributed by atoms with Gasteiger partial charge in [0.2, 0.25) is 0 Å². The number of hydrogen-bond acceptors (Lipinski definition) is 9. The van der Waals surface area contributed by atoms with Gasteiger partial charge < -0.3 is 18.9 Å². The summed E-state index contributed by atoms with van der Waals surface area (Å²) < 4.78 is 27.3. The maximum atomic E-state index is 8.48. The van der Waals surface area contributed by atoms with Crippen molar-refractivity contribution >= 4 is 22.8 Å². The molecule has 4 heterocycles. The van der Waals surface area contributed by atoms with Gasteiger partial charge in [0, 0.05) is 43.0 Å². The summed E-state index contributed by atoms with van der Waals surface area (Å²) in [5.41, 5.74) is 10.2. The van der Waals surface area contributed by atoms with E-state index in [2.05, 4.69) is 38.4 Å². The second-order valence-electron chi connectivity index (χ2n) is 8.60. The first-order valence-electron chi connectivity index (χ1n) is 11.3. The summed E-state index contributed by atoms with van der Waals surface area (Å²) >= 11 is 0. The van der Waals surface area contributed by atoms with Crippen molar-refractivity contribution in [2.75, 3.05) is 6.73 Å². The monoisotopic (exact) mass is 455 g/mol. The summed E-state index contributed by atoms with van der Waals surface area (Å²) in [6.07, 6.45) is 6.13. The molecule has 174 valence electrons. The van der Waals surface area contributed by atoms with Crippen molar-refractivity contribution < 1.29 is 18.9 Å². The largest absolute Gasteiger partial charge is 0.381 e. The van der Waals surface area contributed by atoms with Crippen LogP contribution in [0, 0.1) is 0 Å². The average Bonchev–Trinajstić information content (AvgIpc) is 3.57. The molecule has 2 aliphatic heterocycles. The van der Waals surface area contributed by atoms with Crippen LogP contribution in [0.2, 0.25) is 0 Å². The minimum Gasteiger partial charge on any atom is -0.381 e. The van der Waals surface area contributed by atoms with Crippen LogP contribution in [-0.2, 0) is 45.6 Å². The molecule has 6 atom stereocenters. The zero-order chi connectivity index (χ0) is 23.2. The molecule has 0 aliphatic carbocycles. The third kappa shape index (κ3) is 6.36. The highest BCUT2D eigenvalue weighted by molar-refractivity contribution is 6.90. The molecule has 13 nitrogen and oxygen atoms in total. The first-order valence-corrected chi connectivity index (χ1v) is 11.3. The van der Waals surface area contributed by atoms with Crippen molar-refractivity contribution in [3.63, 3.8) is 0 Å². The molecule has 16 heteroatoms. The van der Waals surface area contributed by atoms with E-state index in [1.165, 1.54) is 0 Å². The topological polar surface area (TPSA) is 147 Å². The predicted octanol–water partition coefficient (Wildman–Crippen LogP) is -1.96. The molecule has 33 heavy (non-hydrogen) atoms. The van der Waals surface area contributed by atoms with Gasteiger partial charge in [-0.25, -0.2) is 4.68 Å². The van der Waals surface area contributed by atoms with E-state index in [9.17, 15) is 0 Å². The van der Waals surface area contributed by atoms with Crippen LogP contribution in [0.15, 0.2) is 17.5 Å². The van der Waals surface area contributed by atoms with Crippen LogP contribution in [0.3, 0.4) is 0 Å². The van der Waals surface area contributed by atoms with Gasteiger partial charge in [0.25, 0.3) is 0 Å². The van der Waals surface area contributed by atoms with Crippen molar-refractivity contribution in [1.82, 2.24) is 30.0 Å². The van der Waals surface area contributed by atoms with Gasteiger partial charge in [0.1, 0.15) is 28.5 Å². The minimum atomic E-state index is -0.157. The number of nitrogens with zero attached hydrogens (tertiary/aromatic N) is 9. The summed E-state index contributed by atoms with van der Waals surface area (Å²) in [4.78, 5) is 2.74. The molecule has 0 saturated carbocycles. The summed E-state index contributed by atoms with van der Waals surface area (Å²) in [5.74, 6) is 0. The van der Waals surface area contributed by atoms with Crippen molar-refractivity contribution in [3.05, 3.63) is 34.2 Å². The molecule has 0 radical (unpaired) electrons. The van der Waals surface area contributed by atoms with Crippen molar-refractivity contribution in [2.45, 2.75) is 68.8 Å². The molecule has 2 fully saturated rings. The smallest absolute Gasteiger partial charge is 0.141 e. The van der Waals surface area contributed by atoms with Gasteiger partial charge in [0.05, 0.1) is 49.7 Å². The van der Waals surface area contributed by atoms with Gasteiger partial charge in [-0.15, -0.1) is 10.2 Å². The lowest BCUT2D eigenvalue weighted by molar-refractivity contribution is -0.0440. The number of rotatable bonds is 11. The van der Waals surface area contributed by atoms with Gasteiger partial charge in [0.15, 0.2) is 0 Å². The standard InChI is InChI=1S/C17H28B3N9O4/c1-28-6-10(23-26-28)2-14-12(4-16(18)32-14)31-9-29-7-11(24-27-29)3-15-13(30-8-22-25-21)5-17(20-19)33-15/h6-7,12-17,20H,2-5,8-9,18-19H2,1H3. The second kappa shape index (κ2) is 11.2. The van der Waals surface area contributed by atoms with E-state index in [0.29, 0.717) is 12.8 Å². The van der Waals surface area contributed by atoms with Gasteiger partial charge >= 0.3 is 0 Å². The van der Waals surface area contributed by atoms with E-state index in [4.69, 9.17) is 24.5 Å². The molecule has 4 rings (SSSR count). The van der Waals surface area contributed by atoms with Crippen LogP contribution in [0.25, 0.3) is 10.4 Å². The number of ether oxygens (including phenoxy) is 4. The van der Waals surface area contributed by atoms with E-state index < -0.39 is 0 Å². The van der Waals surface area contributed by atoms with Crippen LogP contribution < -0.4 is 0 Å². The Bertz CT molecular complexity index is 956. The van der Waals surface area contributed by atoms with Gasteiger partial charge in [-0.3, -0.25) is 4.68 Å². The highest BCUT2D eigenvalue weighted by Crippen LogP contribution is 2.26. The van der Waals surface area contributed by atoms with Crippen LogP contribution in [0.4, 0.5) is 0 Å². The summed E-state index contributed by atoms with van der Waals surface area (Å²) in [7, 11) is 6.87. The van der Waals surface area contributed by atoms with Gasteiger partial charge in [-0.1, -0.05) is 15.5 Å². The molecule has 2 aromatic rings. The predicted molar refractivity (Wildman–Crippen MR) is 123 cm³/mol. The van der Waals surface area contributed by atoms with E-state index >= 15 is 0 Å². The lowest BCUT2D eigenvalue weighted by Gasteiger charge is -2.18. The number of azide groups is 1. The average molecular weight is 455 g/mol. The maximum absolute atomic E-state index is 8.48. The quantitative estimate of drug-likeness (QED) is 0.164. The Labute approximate surface area is 194 Å². The highest BCUT2D eigenvalue weighted by Gasteiger charge is 2.36. The first-order chi connectivity index (χ1) is 16.0. The number of hydrogen-bond donors (Lipinski definition) is 0. The molecule has 2 aliphatic rings. The Kier molecular flexibility index (Phi) is 8.04. The van der Waals surface area contributed by atoms with Gasteiger partial charge in [-0.05, 0) is 18.4 Å². The van der Waals surface area contributed by atoms with Gasteiger partial charge in [-0.2, -0.15) is 0 Å². The number of aromatic nitrogens is 6. The Balaban J connectivity index is 1.30. The zero-order valence-corrected chi connectivity index (χ0v) is 19.2. The second-order valence-corrected chi connectivity index (χ2v) is 8.60. The summed E-state index contributed by atoms with van der Waals surface area (Å²) in [5, 5.41) is 20.1. The number of aryl methyl sites for hydroxylation is 1. The Hall–Kier alpha value is -2.38. The molecule has 0 N–H and O–H groups in total. The molecular weight excluding hydrogens is 427 g/mol. The summed E-state index contributed by atoms with van der Waals surface area (Å²) in [6.45, 7) is 0.278. The molecule has 2 saturated heterocycles. The summed E-state index contributed by atoms with van der Waals surface area (Å²) in [6, 6.07) is 0.247. The maximum Gasteiger partial charge on any atom is 0.141 e. The Morgan fingerprint density at radius 1 is 1.15 bits per heavy atom. The van der Waals surface area contributed by atoms with E-state index in [0.717, 1.165) is 31.4 Å². The third-order valence-electron chi connectivity index (χ3n) is 6.01. The molecule has 0 aromatic carbocycles. The molecule has 0 spiro atoms. The highest BCUT2D eigenvalue weighted by atomic mass is 16.6. The molecule has 6 unspecified atom stereocenters. The van der Waals surface area contributed by atoms with E-state index in [1.807, 2.05) is 27.3 Å². The van der Waals surface area contributed by atoms with Crippen molar-refractivity contribution in [3.8, 4) is 0 Å². The van der Waals surface area contributed by atoms with Crippen molar-refractivity contribution in [2.24, 2.45) is 12.2 Å². The third-order valence-corrected chi connectivity index (χ3v) is 6.01. The first kappa shape index (κ1) is 23.8. The zero-order valence-electron chi connectivity index (χ0n) is 19.2. The van der Waals surface area contributed by atoms with Crippen LogP contribution >= 0.6 is 0 Å².